The van der Waals surface area contributed by atoms with E-state index in [1.165, 1.54) is 0 Å². The van der Waals surface area contributed by atoms with Gasteiger partial charge in [0.15, 0.2) is 11.6 Å². The molecule has 4 heteroatoms. The average Bonchev–Trinajstić information content (AvgIpc) is 2.45. The van der Waals surface area contributed by atoms with E-state index in [0.29, 0.717) is 27.9 Å². The highest BCUT2D eigenvalue weighted by molar-refractivity contribution is 7.99. The Balaban J connectivity index is 2.29. The Morgan fingerprint density at radius 1 is 0.950 bits per heavy atom. The fourth-order valence-electron chi connectivity index (χ4n) is 2.51. The minimum atomic E-state index is -0.161. The van der Waals surface area contributed by atoms with Crippen LogP contribution in [0, 0.1) is 0 Å². The zero-order valence-corrected chi connectivity index (χ0v) is 11.8. The number of thioether (sulfide) groups is 1. The molecule has 0 saturated carbocycles. The molecule has 0 saturated heterocycles. The molecule has 2 aromatic rings. The molecule has 0 atom stereocenters. The highest BCUT2D eigenvalue weighted by Crippen LogP contribution is 2.35. The van der Waals surface area contributed by atoms with Crippen LogP contribution < -0.4 is 5.73 Å². The Morgan fingerprint density at radius 3 is 2.25 bits per heavy atom. The van der Waals surface area contributed by atoms with E-state index in [1.54, 1.807) is 36.0 Å². The molecule has 2 aromatic carbocycles. The zero-order valence-electron chi connectivity index (χ0n) is 11.0. The predicted octanol–water partition coefficient (Wildman–Crippen LogP) is 3.16. The number of ketones is 2. The molecule has 1 aliphatic carbocycles. The van der Waals surface area contributed by atoms with Crippen molar-refractivity contribution in [3.63, 3.8) is 0 Å². The monoisotopic (exact) mass is 283 g/mol. The number of anilines is 1. The van der Waals surface area contributed by atoms with Crippen molar-refractivity contribution in [3.05, 3.63) is 58.7 Å². The molecule has 0 heterocycles. The normalized spacial score (nSPS) is 13.1. The average molecular weight is 283 g/mol. The maximum atomic E-state index is 12.7. The Kier molecular flexibility index (Phi) is 3.10. The van der Waals surface area contributed by atoms with Crippen molar-refractivity contribution in [3.8, 4) is 0 Å². The zero-order chi connectivity index (χ0) is 14.3. The Bertz CT molecular complexity index is 737. The van der Waals surface area contributed by atoms with Crippen molar-refractivity contribution >= 4 is 29.0 Å². The number of nitrogens with two attached hydrogens (primary N) is 1. The molecule has 1 aliphatic rings. The van der Waals surface area contributed by atoms with E-state index in [9.17, 15) is 9.59 Å². The molecule has 0 amide bonds. The first-order chi connectivity index (χ1) is 9.65. The van der Waals surface area contributed by atoms with E-state index < -0.39 is 0 Å². The van der Waals surface area contributed by atoms with Crippen LogP contribution in [0.2, 0.25) is 0 Å². The van der Waals surface area contributed by atoms with Crippen molar-refractivity contribution in [1.29, 1.82) is 0 Å². The van der Waals surface area contributed by atoms with Crippen LogP contribution in [0.5, 0.6) is 0 Å². The highest BCUT2D eigenvalue weighted by Gasteiger charge is 2.32. The van der Waals surface area contributed by atoms with E-state index in [0.717, 1.165) is 10.6 Å². The van der Waals surface area contributed by atoms with Crippen LogP contribution in [0.1, 0.15) is 38.8 Å². The van der Waals surface area contributed by atoms with Gasteiger partial charge in [0.25, 0.3) is 0 Å². The highest BCUT2D eigenvalue weighted by atomic mass is 32.2. The van der Waals surface area contributed by atoms with Gasteiger partial charge in [-0.05, 0) is 17.9 Å². The summed E-state index contributed by atoms with van der Waals surface area (Å²) in [7, 11) is 0. The lowest BCUT2D eigenvalue weighted by Gasteiger charge is -2.20. The van der Waals surface area contributed by atoms with Crippen LogP contribution >= 0.6 is 11.8 Å². The maximum Gasteiger partial charge on any atom is 0.196 e. The number of nitrogen functional groups attached to an aromatic ring is 1. The molecule has 0 unspecified atom stereocenters. The number of benzene rings is 2. The van der Waals surface area contributed by atoms with Gasteiger partial charge in [-0.25, -0.2) is 0 Å². The van der Waals surface area contributed by atoms with E-state index >= 15 is 0 Å². The van der Waals surface area contributed by atoms with Crippen molar-refractivity contribution < 1.29 is 9.59 Å². The first-order valence-electron chi connectivity index (χ1n) is 6.38. The summed E-state index contributed by atoms with van der Waals surface area (Å²) in [5.74, 6) is 0.575. The van der Waals surface area contributed by atoms with E-state index in [1.807, 2.05) is 19.1 Å². The van der Waals surface area contributed by atoms with Crippen LogP contribution in [-0.4, -0.2) is 17.3 Å². The van der Waals surface area contributed by atoms with Crippen LogP contribution in [0.3, 0.4) is 0 Å². The lowest BCUT2D eigenvalue weighted by molar-refractivity contribution is 0.0977. The van der Waals surface area contributed by atoms with Crippen LogP contribution in [-0.2, 0) is 0 Å². The first kappa shape index (κ1) is 12.9. The number of carbonyl (C=O) groups is 2. The van der Waals surface area contributed by atoms with E-state index in [4.69, 9.17) is 5.73 Å². The summed E-state index contributed by atoms with van der Waals surface area (Å²) in [6, 6.07) is 10.4. The van der Waals surface area contributed by atoms with Crippen molar-refractivity contribution in [1.82, 2.24) is 0 Å². The van der Waals surface area contributed by atoms with Gasteiger partial charge < -0.3 is 5.73 Å². The third kappa shape index (κ3) is 1.76. The first-order valence-corrected chi connectivity index (χ1v) is 7.37. The minimum absolute atomic E-state index is 0.113. The molecule has 3 rings (SSSR count). The molecular formula is C16H13NO2S. The van der Waals surface area contributed by atoms with Gasteiger partial charge in [0.1, 0.15) is 0 Å². The largest absolute Gasteiger partial charge is 0.398 e. The fraction of sp³-hybridized carbons (Fsp3) is 0.125. The van der Waals surface area contributed by atoms with Crippen LogP contribution in [0.4, 0.5) is 5.69 Å². The molecule has 20 heavy (non-hydrogen) atoms. The Morgan fingerprint density at radius 2 is 1.55 bits per heavy atom. The van der Waals surface area contributed by atoms with Gasteiger partial charge in [0, 0.05) is 27.3 Å². The Labute approximate surface area is 121 Å². The second-order valence-electron chi connectivity index (χ2n) is 4.54. The molecule has 0 aromatic heterocycles. The van der Waals surface area contributed by atoms with Crippen molar-refractivity contribution in [2.45, 2.75) is 11.8 Å². The lowest BCUT2D eigenvalue weighted by Crippen LogP contribution is -2.23. The molecule has 2 N–H and O–H groups in total. The van der Waals surface area contributed by atoms with Gasteiger partial charge in [0.05, 0.1) is 5.56 Å². The standard InChI is InChI=1S/C16H13NO2S/c1-2-20-12-8-4-6-10-14(12)16(19)9-5-3-7-11(17)13(9)15(10)18/h3-8H,2,17H2,1H3. The quantitative estimate of drug-likeness (QED) is 0.579. The summed E-state index contributed by atoms with van der Waals surface area (Å²) in [6.07, 6.45) is 0. The third-order valence-corrected chi connectivity index (χ3v) is 4.31. The van der Waals surface area contributed by atoms with Crippen LogP contribution in [0.15, 0.2) is 41.3 Å². The molecule has 0 aliphatic heterocycles. The summed E-state index contributed by atoms with van der Waals surface area (Å²) in [6.45, 7) is 2.02. The van der Waals surface area contributed by atoms with Gasteiger partial charge >= 0.3 is 0 Å². The fourth-order valence-corrected chi connectivity index (χ4v) is 3.35. The third-order valence-electron chi connectivity index (χ3n) is 3.37. The number of hydrogen-bond donors (Lipinski definition) is 1. The molecule has 0 fully saturated rings. The molecule has 0 bridgehead atoms. The number of carbonyl (C=O) groups excluding carboxylic acids is 2. The number of rotatable bonds is 2. The van der Waals surface area contributed by atoms with Gasteiger partial charge in [-0.15, -0.1) is 11.8 Å². The summed E-state index contributed by atoms with van der Waals surface area (Å²) in [5.41, 5.74) is 7.95. The molecule has 3 nitrogen and oxygen atoms in total. The van der Waals surface area contributed by atoms with Crippen LogP contribution in [0.25, 0.3) is 0 Å². The smallest absolute Gasteiger partial charge is 0.196 e. The molecule has 100 valence electrons. The maximum absolute atomic E-state index is 12.7. The summed E-state index contributed by atoms with van der Waals surface area (Å²) >= 11 is 1.57. The van der Waals surface area contributed by atoms with Gasteiger partial charge in [-0.3, -0.25) is 9.59 Å². The minimum Gasteiger partial charge on any atom is -0.398 e. The van der Waals surface area contributed by atoms with Crippen molar-refractivity contribution in [2.75, 3.05) is 11.5 Å². The second kappa shape index (κ2) is 4.80. The van der Waals surface area contributed by atoms with E-state index in [-0.39, 0.29) is 11.6 Å². The van der Waals surface area contributed by atoms with E-state index in [2.05, 4.69) is 0 Å². The predicted molar refractivity (Wildman–Crippen MR) is 80.6 cm³/mol. The van der Waals surface area contributed by atoms with Gasteiger partial charge in [-0.1, -0.05) is 31.2 Å². The number of fused-ring (bicyclic) bond motifs is 2. The molecule has 0 radical (unpaired) electrons. The topological polar surface area (TPSA) is 60.2 Å². The molecular weight excluding hydrogens is 270 g/mol. The van der Waals surface area contributed by atoms with Gasteiger partial charge in [0.2, 0.25) is 0 Å². The lowest BCUT2D eigenvalue weighted by atomic mass is 9.83. The number of hydrogen-bond acceptors (Lipinski definition) is 4. The summed E-state index contributed by atoms with van der Waals surface area (Å²) in [5, 5.41) is 0. The SMILES string of the molecule is CCSc1cccc2c1C(=O)c1cccc(N)c1C2=O. The summed E-state index contributed by atoms with van der Waals surface area (Å²) < 4.78 is 0. The Hall–Kier alpha value is -2.07. The summed E-state index contributed by atoms with van der Waals surface area (Å²) in [4.78, 5) is 26.1. The van der Waals surface area contributed by atoms with Gasteiger partial charge in [-0.2, -0.15) is 0 Å². The van der Waals surface area contributed by atoms with Crippen molar-refractivity contribution in [2.24, 2.45) is 0 Å². The molecule has 0 spiro atoms. The second-order valence-corrected chi connectivity index (χ2v) is 5.85.